The van der Waals surface area contributed by atoms with Gasteiger partial charge in [0.1, 0.15) is 0 Å². The van der Waals surface area contributed by atoms with Crippen LogP contribution in [-0.4, -0.2) is 23.2 Å². The van der Waals surface area contributed by atoms with E-state index in [4.69, 9.17) is 4.74 Å². The molecule has 0 amide bonds. The summed E-state index contributed by atoms with van der Waals surface area (Å²) in [6.45, 7) is 8.20. The van der Waals surface area contributed by atoms with Crippen molar-refractivity contribution in [1.82, 2.24) is 9.55 Å². The Morgan fingerprint density at radius 1 is 1.30 bits per heavy atom. The number of benzene rings is 1. The summed E-state index contributed by atoms with van der Waals surface area (Å²) in [5.41, 5.74) is 4.31. The number of aromatic nitrogens is 2. The molecule has 0 aliphatic carbocycles. The van der Waals surface area contributed by atoms with Gasteiger partial charge in [-0.05, 0) is 29.5 Å². The standard InChI is InChI=1S/C18H23N3O2/c1-18(2,3)11-19-13-5-6-14-12(9-13)7-8-21-15(14)10-16(23-4)20-17(21)22/h5-6,9-10,19H,7-8,11H2,1-4H3. The van der Waals surface area contributed by atoms with Gasteiger partial charge in [0.25, 0.3) is 0 Å². The van der Waals surface area contributed by atoms with Gasteiger partial charge in [-0.2, -0.15) is 4.98 Å². The second-order valence-corrected chi connectivity index (χ2v) is 7.15. The van der Waals surface area contributed by atoms with Crippen molar-refractivity contribution in [2.45, 2.75) is 33.7 Å². The fraction of sp³-hybridized carbons (Fsp3) is 0.444. The number of methoxy groups -OCH3 is 1. The first-order chi connectivity index (χ1) is 10.9. The Hall–Kier alpha value is -2.30. The van der Waals surface area contributed by atoms with Gasteiger partial charge < -0.3 is 10.1 Å². The number of nitrogens with zero attached hydrogens (tertiary/aromatic N) is 2. The first kappa shape index (κ1) is 15.6. The van der Waals surface area contributed by atoms with E-state index < -0.39 is 0 Å². The van der Waals surface area contributed by atoms with Gasteiger partial charge in [0, 0.05) is 30.4 Å². The quantitative estimate of drug-likeness (QED) is 0.946. The second kappa shape index (κ2) is 5.72. The summed E-state index contributed by atoms with van der Waals surface area (Å²) < 4.78 is 6.85. The average Bonchev–Trinajstić information content (AvgIpc) is 2.51. The number of ether oxygens (including phenoxy) is 1. The van der Waals surface area contributed by atoms with E-state index in [-0.39, 0.29) is 11.1 Å². The van der Waals surface area contributed by atoms with Crippen LogP contribution in [0.15, 0.2) is 29.1 Å². The summed E-state index contributed by atoms with van der Waals surface area (Å²) in [5.74, 6) is 0.365. The molecular formula is C18H23N3O2. The molecule has 1 aromatic carbocycles. The predicted molar refractivity (Wildman–Crippen MR) is 92.1 cm³/mol. The van der Waals surface area contributed by atoms with Crippen LogP contribution in [-0.2, 0) is 13.0 Å². The lowest BCUT2D eigenvalue weighted by molar-refractivity contribution is 0.392. The zero-order valence-corrected chi connectivity index (χ0v) is 14.1. The number of hydrogen-bond donors (Lipinski definition) is 1. The summed E-state index contributed by atoms with van der Waals surface area (Å²) in [4.78, 5) is 16.0. The molecule has 122 valence electrons. The largest absolute Gasteiger partial charge is 0.481 e. The van der Waals surface area contributed by atoms with Gasteiger partial charge in [-0.15, -0.1) is 0 Å². The normalized spacial score (nSPS) is 13.2. The molecule has 0 saturated heterocycles. The van der Waals surface area contributed by atoms with Crippen LogP contribution in [0.2, 0.25) is 0 Å². The predicted octanol–water partition coefficient (Wildman–Crippen LogP) is 2.93. The van der Waals surface area contributed by atoms with E-state index in [1.165, 1.54) is 12.7 Å². The van der Waals surface area contributed by atoms with E-state index in [1.54, 1.807) is 4.57 Å². The molecule has 0 spiro atoms. The Bertz CT molecular complexity index is 788. The molecular weight excluding hydrogens is 290 g/mol. The summed E-state index contributed by atoms with van der Waals surface area (Å²) in [7, 11) is 1.53. The van der Waals surface area contributed by atoms with Crippen molar-refractivity contribution in [1.29, 1.82) is 0 Å². The fourth-order valence-electron chi connectivity index (χ4n) is 2.79. The third-order valence-corrected chi connectivity index (χ3v) is 4.01. The molecule has 5 nitrogen and oxygen atoms in total. The summed E-state index contributed by atoms with van der Waals surface area (Å²) in [6, 6.07) is 8.16. The SMILES string of the molecule is COc1cc2n(c(=O)n1)CCc1cc(NCC(C)(C)C)ccc1-2. The minimum atomic E-state index is -0.250. The maximum Gasteiger partial charge on any atom is 0.351 e. The van der Waals surface area contributed by atoms with Gasteiger partial charge in [-0.25, -0.2) is 4.79 Å². The van der Waals surface area contributed by atoms with Crippen LogP contribution in [0.4, 0.5) is 5.69 Å². The van der Waals surface area contributed by atoms with Crippen LogP contribution in [0, 0.1) is 5.41 Å². The van der Waals surface area contributed by atoms with Crippen LogP contribution in [0.25, 0.3) is 11.3 Å². The van der Waals surface area contributed by atoms with Crippen molar-refractivity contribution in [3.05, 3.63) is 40.3 Å². The molecule has 5 heteroatoms. The topological polar surface area (TPSA) is 56.2 Å². The van der Waals surface area contributed by atoms with Crippen LogP contribution < -0.4 is 15.7 Å². The van der Waals surface area contributed by atoms with Crippen molar-refractivity contribution >= 4 is 5.69 Å². The monoisotopic (exact) mass is 313 g/mol. The molecule has 3 rings (SSSR count). The molecule has 1 aromatic heterocycles. The lowest BCUT2D eigenvalue weighted by Gasteiger charge is -2.24. The second-order valence-electron chi connectivity index (χ2n) is 7.15. The molecule has 1 N–H and O–H groups in total. The molecule has 2 heterocycles. The van der Waals surface area contributed by atoms with Gasteiger partial charge in [-0.3, -0.25) is 4.57 Å². The first-order valence-corrected chi connectivity index (χ1v) is 7.90. The van der Waals surface area contributed by atoms with E-state index in [2.05, 4.69) is 49.3 Å². The smallest absolute Gasteiger partial charge is 0.351 e. The summed E-state index contributed by atoms with van der Waals surface area (Å²) in [5, 5.41) is 3.49. The highest BCUT2D eigenvalue weighted by Gasteiger charge is 2.19. The number of aryl methyl sites for hydroxylation is 1. The minimum Gasteiger partial charge on any atom is -0.481 e. The Morgan fingerprint density at radius 2 is 2.09 bits per heavy atom. The number of hydrogen-bond acceptors (Lipinski definition) is 4. The summed E-state index contributed by atoms with van der Waals surface area (Å²) >= 11 is 0. The van der Waals surface area contributed by atoms with Gasteiger partial charge in [-0.1, -0.05) is 26.8 Å². The van der Waals surface area contributed by atoms with E-state index >= 15 is 0 Å². The highest BCUT2D eigenvalue weighted by atomic mass is 16.5. The molecule has 0 fully saturated rings. The van der Waals surface area contributed by atoms with Crippen LogP contribution in [0.3, 0.4) is 0 Å². The average molecular weight is 313 g/mol. The third-order valence-electron chi connectivity index (χ3n) is 4.01. The van der Waals surface area contributed by atoms with E-state index in [0.29, 0.717) is 12.4 Å². The van der Waals surface area contributed by atoms with Crippen molar-refractivity contribution in [3.63, 3.8) is 0 Å². The zero-order chi connectivity index (χ0) is 16.6. The molecule has 0 atom stereocenters. The van der Waals surface area contributed by atoms with Crippen molar-refractivity contribution in [2.24, 2.45) is 5.41 Å². The maximum atomic E-state index is 12.1. The van der Waals surface area contributed by atoms with Crippen molar-refractivity contribution < 1.29 is 4.74 Å². The molecule has 0 bridgehead atoms. The van der Waals surface area contributed by atoms with Gasteiger partial charge in [0.2, 0.25) is 5.88 Å². The third kappa shape index (κ3) is 3.23. The summed E-state index contributed by atoms with van der Waals surface area (Å²) in [6.07, 6.45) is 0.835. The van der Waals surface area contributed by atoms with Gasteiger partial charge >= 0.3 is 5.69 Å². The highest BCUT2D eigenvalue weighted by molar-refractivity contribution is 5.69. The molecule has 1 aliphatic rings. The molecule has 0 radical (unpaired) electrons. The number of fused-ring (bicyclic) bond motifs is 3. The van der Waals surface area contributed by atoms with Crippen molar-refractivity contribution in [3.8, 4) is 17.1 Å². The molecule has 0 saturated carbocycles. The first-order valence-electron chi connectivity index (χ1n) is 7.90. The van der Waals surface area contributed by atoms with E-state index in [1.807, 2.05) is 6.07 Å². The Labute approximate surface area is 136 Å². The molecule has 0 unspecified atom stereocenters. The van der Waals surface area contributed by atoms with E-state index in [9.17, 15) is 4.79 Å². The minimum absolute atomic E-state index is 0.231. The van der Waals surface area contributed by atoms with Crippen LogP contribution in [0.5, 0.6) is 5.88 Å². The Morgan fingerprint density at radius 3 is 2.78 bits per heavy atom. The number of anilines is 1. The maximum absolute atomic E-state index is 12.1. The van der Waals surface area contributed by atoms with Gasteiger partial charge in [0.15, 0.2) is 0 Å². The molecule has 2 aromatic rings. The molecule has 1 aliphatic heterocycles. The number of nitrogens with one attached hydrogen (secondary N) is 1. The zero-order valence-electron chi connectivity index (χ0n) is 14.1. The Kier molecular flexibility index (Phi) is 3.88. The lowest BCUT2D eigenvalue weighted by Crippen LogP contribution is -2.28. The van der Waals surface area contributed by atoms with Crippen LogP contribution >= 0.6 is 0 Å². The van der Waals surface area contributed by atoms with E-state index in [0.717, 1.165) is 29.9 Å². The molecule has 23 heavy (non-hydrogen) atoms. The lowest BCUT2D eigenvalue weighted by atomic mass is 9.95. The fourth-order valence-corrected chi connectivity index (χ4v) is 2.79. The van der Waals surface area contributed by atoms with Gasteiger partial charge in [0.05, 0.1) is 12.8 Å². The Balaban J connectivity index is 1.97. The van der Waals surface area contributed by atoms with Crippen molar-refractivity contribution in [2.75, 3.05) is 19.0 Å². The van der Waals surface area contributed by atoms with Crippen LogP contribution in [0.1, 0.15) is 26.3 Å². The highest BCUT2D eigenvalue weighted by Crippen LogP contribution is 2.31. The number of rotatable bonds is 3.